The summed E-state index contributed by atoms with van der Waals surface area (Å²) in [5.74, 6) is 3.70. The molecule has 1 aromatic carbocycles. The number of benzene rings is 1. The largest absolute Gasteiger partial charge is 0.497 e. The van der Waals surface area contributed by atoms with Crippen LogP contribution in [-0.2, 0) is 24.2 Å². The summed E-state index contributed by atoms with van der Waals surface area (Å²) < 4.78 is 5.23. The van der Waals surface area contributed by atoms with Crippen LogP contribution in [0.15, 0.2) is 24.3 Å². The molecule has 1 aromatic heterocycles. The van der Waals surface area contributed by atoms with E-state index in [9.17, 15) is 4.79 Å². The van der Waals surface area contributed by atoms with Gasteiger partial charge in [-0.15, -0.1) is 0 Å². The number of amides is 1. The van der Waals surface area contributed by atoms with Gasteiger partial charge in [0.25, 0.3) is 0 Å². The van der Waals surface area contributed by atoms with Crippen LogP contribution in [0.2, 0.25) is 0 Å². The van der Waals surface area contributed by atoms with E-state index in [0.29, 0.717) is 13.0 Å². The number of ether oxygens (including phenoxy) is 1. The lowest BCUT2D eigenvalue weighted by Crippen LogP contribution is -2.40. The molecule has 0 atom stereocenters. The molecule has 3 aliphatic heterocycles. The van der Waals surface area contributed by atoms with Crippen LogP contribution < -0.4 is 14.5 Å². The number of fused-ring (bicyclic) bond motifs is 1. The molecule has 7 nitrogen and oxygen atoms in total. The summed E-state index contributed by atoms with van der Waals surface area (Å²) in [7, 11) is 1.66. The molecule has 0 bridgehead atoms. The zero-order chi connectivity index (χ0) is 22.8. The molecule has 0 unspecified atom stereocenters. The number of anilines is 2. The molecule has 33 heavy (non-hydrogen) atoms. The summed E-state index contributed by atoms with van der Waals surface area (Å²) in [4.78, 5) is 30.0. The molecule has 7 heteroatoms. The van der Waals surface area contributed by atoms with Crippen molar-refractivity contribution in [2.24, 2.45) is 5.92 Å². The molecule has 0 N–H and O–H groups in total. The molecular weight excluding hydrogens is 414 g/mol. The number of carbonyl (C=O) groups excluding carboxylic acids is 1. The molecule has 2 saturated heterocycles. The Kier molecular flexibility index (Phi) is 6.38. The lowest BCUT2D eigenvalue weighted by molar-refractivity contribution is -0.131. The van der Waals surface area contributed by atoms with Gasteiger partial charge < -0.3 is 19.4 Å². The van der Waals surface area contributed by atoms with Gasteiger partial charge in [-0.2, -0.15) is 4.98 Å². The number of methoxy groups -OCH3 is 1. The lowest BCUT2D eigenvalue weighted by atomic mass is 9.99. The van der Waals surface area contributed by atoms with Crippen LogP contribution in [0.25, 0.3) is 0 Å². The van der Waals surface area contributed by atoms with Gasteiger partial charge in [0.2, 0.25) is 11.9 Å². The van der Waals surface area contributed by atoms with Gasteiger partial charge in [0.15, 0.2) is 0 Å². The van der Waals surface area contributed by atoms with Crippen LogP contribution in [-0.4, -0.2) is 60.6 Å². The zero-order valence-electron chi connectivity index (χ0n) is 19.9. The molecule has 2 fully saturated rings. The summed E-state index contributed by atoms with van der Waals surface area (Å²) in [6.07, 6.45) is 6.01. The second-order valence-electron chi connectivity index (χ2n) is 9.73. The van der Waals surface area contributed by atoms with Crippen LogP contribution in [0, 0.1) is 5.92 Å². The first kappa shape index (κ1) is 22.0. The van der Waals surface area contributed by atoms with Crippen molar-refractivity contribution in [1.29, 1.82) is 0 Å². The van der Waals surface area contributed by atoms with Gasteiger partial charge in [0, 0.05) is 44.7 Å². The predicted molar refractivity (Wildman–Crippen MR) is 130 cm³/mol. The zero-order valence-corrected chi connectivity index (χ0v) is 19.9. The average molecular weight is 450 g/mol. The van der Waals surface area contributed by atoms with Crippen molar-refractivity contribution in [2.45, 2.75) is 52.0 Å². The van der Waals surface area contributed by atoms with Crippen molar-refractivity contribution in [1.82, 2.24) is 14.9 Å². The maximum Gasteiger partial charge on any atom is 0.227 e. The average Bonchev–Trinajstić information content (AvgIpc) is 3.39. The van der Waals surface area contributed by atoms with E-state index in [1.807, 2.05) is 29.2 Å². The van der Waals surface area contributed by atoms with Crippen LogP contribution >= 0.6 is 0 Å². The first-order valence-electron chi connectivity index (χ1n) is 12.4. The molecule has 3 aliphatic rings. The summed E-state index contributed by atoms with van der Waals surface area (Å²) >= 11 is 0. The Morgan fingerprint density at radius 3 is 2.42 bits per heavy atom. The minimum Gasteiger partial charge on any atom is -0.497 e. The number of piperidine rings is 1. The third kappa shape index (κ3) is 4.77. The van der Waals surface area contributed by atoms with Gasteiger partial charge in [-0.25, -0.2) is 4.98 Å². The van der Waals surface area contributed by atoms with Crippen molar-refractivity contribution >= 4 is 17.7 Å². The van der Waals surface area contributed by atoms with E-state index < -0.39 is 0 Å². The standard InChI is InChI=1S/C26H35N5O2/c1-19-9-14-30(15-10-19)26-27-23-11-16-31(18-22(23)25(28-26)29-12-3-4-13-29)24(32)17-20-5-7-21(33-2)8-6-20/h5-8,19H,3-4,9-18H2,1-2H3. The predicted octanol–water partition coefficient (Wildman–Crippen LogP) is 3.45. The van der Waals surface area contributed by atoms with Gasteiger partial charge >= 0.3 is 0 Å². The first-order chi connectivity index (χ1) is 16.1. The van der Waals surface area contributed by atoms with Crippen molar-refractivity contribution in [3.05, 3.63) is 41.1 Å². The number of aromatic nitrogens is 2. The van der Waals surface area contributed by atoms with Crippen LogP contribution in [0.4, 0.5) is 11.8 Å². The number of nitrogens with zero attached hydrogens (tertiary/aromatic N) is 5. The highest BCUT2D eigenvalue weighted by Gasteiger charge is 2.30. The molecule has 1 amide bonds. The monoisotopic (exact) mass is 449 g/mol. The minimum absolute atomic E-state index is 0.160. The fraction of sp³-hybridized carbons (Fsp3) is 0.577. The molecule has 0 aliphatic carbocycles. The number of hydrogen-bond donors (Lipinski definition) is 0. The Bertz CT molecular complexity index is 979. The maximum absolute atomic E-state index is 13.1. The summed E-state index contributed by atoms with van der Waals surface area (Å²) in [5, 5.41) is 0. The van der Waals surface area contributed by atoms with E-state index in [4.69, 9.17) is 14.7 Å². The summed E-state index contributed by atoms with van der Waals surface area (Å²) in [6, 6.07) is 7.77. The van der Waals surface area contributed by atoms with Crippen molar-refractivity contribution in [3.63, 3.8) is 0 Å². The highest BCUT2D eigenvalue weighted by molar-refractivity contribution is 5.79. The van der Waals surface area contributed by atoms with Gasteiger partial charge in [-0.05, 0) is 49.3 Å². The molecule has 176 valence electrons. The second kappa shape index (κ2) is 9.57. The van der Waals surface area contributed by atoms with Crippen molar-refractivity contribution in [2.75, 3.05) is 49.6 Å². The molecule has 0 spiro atoms. The summed E-state index contributed by atoms with van der Waals surface area (Å²) in [6.45, 7) is 7.80. The number of rotatable bonds is 5. The van der Waals surface area contributed by atoms with Crippen molar-refractivity contribution in [3.8, 4) is 5.75 Å². The first-order valence-corrected chi connectivity index (χ1v) is 12.4. The fourth-order valence-electron chi connectivity index (χ4n) is 5.17. The third-order valence-electron chi connectivity index (χ3n) is 7.37. The highest BCUT2D eigenvalue weighted by Crippen LogP contribution is 2.32. The molecule has 5 rings (SSSR count). The molecular formula is C26H35N5O2. The molecule has 0 saturated carbocycles. The van der Waals surface area contributed by atoms with E-state index in [0.717, 1.165) is 79.4 Å². The molecule has 2 aromatic rings. The van der Waals surface area contributed by atoms with Crippen LogP contribution in [0.1, 0.15) is 49.4 Å². The van der Waals surface area contributed by atoms with Gasteiger partial charge in [0.05, 0.1) is 25.8 Å². The third-order valence-corrected chi connectivity index (χ3v) is 7.37. The SMILES string of the molecule is COc1ccc(CC(=O)N2CCc3nc(N4CCC(C)CC4)nc(N4CCCC4)c3C2)cc1. The Morgan fingerprint density at radius 1 is 1.00 bits per heavy atom. The fourth-order valence-corrected chi connectivity index (χ4v) is 5.17. The normalized spacial score (nSPS) is 19.0. The maximum atomic E-state index is 13.1. The lowest BCUT2D eigenvalue weighted by Gasteiger charge is -2.35. The smallest absolute Gasteiger partial charge is 0.227 e. The van der Waals surface area contributed by atoms with E-state index >= 15 is 0 Å². The Hall–Kier alpha value is -2.83. The quantitative estimate of drug-likeness (QED) is 0.697. The van der Waals surface area contributed by atoms with Crippen LogP contribution in [0.5, 0.6) is 5.75 Å². The molecule has 0 radical (unpaired) electrons. The van der Waals surface area contributed by atoms with E-state index in [2.05, 4.69) is 16.7 Å². The Morgan fingerprint density at radius 2 is 1.73 bits per heavy atom. The minimum atomic E-state index is 0.160. The van der Waals surface area contributed by atoms with Crippen LogP contribution in [0.3, 0.4) is 0 Å². The second-order valence-corrected chi connectivity index (χ2v) is 9.73. The van der Waals surface area contributed by atoms with Crippen molar-refractivity contribution < 1.29 is 9.53 Å². The van der Waals surface area contributed by atoms with Gasteiger partial charge in [-0.3, -0.25) is 4.79 Å². The van der Waals surface area contributed by atoms with Gasteiger partial charge in [0.1, 0.15) is 11.6 Å². The van der Waals surface area contributed by atoms with E-state index in [1.54, 1.807) is 7.11 Å². The highest BCUT2D eigenvalue weighted by atomic mass is 16.5. The topological polar surface area (TPSA) is 61.8 Å². The Labute approximate surface area is 196 Å². The number of hydrogen-bond acceptors (Lipinski definition) is 6. The van der Waals surface area contributed by atoms with Gasteiger partial charge in [-0.1, -0.05) is 19.1 Å². The van der Waals surface area contributed by atoms with E-state index in [-0.39, 0.29) is 5.91 Å². The number of carbonyl (C=O) groups is 1. The van der Waals surface area contributed by atoms with E-state index in [1.165, 1.54) is 25.7 Å². The molecule has 4 heterocycles. The summed E-state index contributed by atoms with van der Waals surface area (Å²) in [5.41, 5.74) is 3.30. The Balaban J connectivity index is 1.37.